The van der Waals surface area contributed by atoms with E-state index in [0.717, 1.165) is 15.4 Å². The van der Waals surface area contributed by atoms with Crippen LogP contribution in [-0.2, 0) is 23.1 Å². The Hall–Kier alpha value is -0.800. The van der Waals surface area contributed by atoms with Gasteiger partial charge in [-0.1, -0.05) is 6.07 Å². The summed E-state index contributed by atoms with van der Waals surface area (Å²) in [6, 6.07) is 5.47. The van der Waals surface area contributed by atoms with E-state index in [9.17, 15) is 12.8 Å². The van der Waals surface area contributed by atoms with Gasteiger partial charge >= 0.3 is 0 Å². The minimum absolute atomic E-state index is 0.0344. The Labute approximate surface area is 135 Å². The molecule has 0 unspecified atom stereocenters. The van der Waals surface area contributed by atoms with Crippen LogP contribution < -0.4 is 5.73 Å². The van der Waals surface area contributed by atoms with Crippen LogP contribution in [0.2, 0.25) is 0 Å². The van der Waals surface area contributed by atoms with Gasteiger partial charge in [-0.3, -0.25) is 0 Å². The molecule has 0 fully saturated rings. The van der Waals surface area contributed by atoms with Crippen LogP contribution in [0.25, 0.3) is 0 Å². The smallest absolute Gasteiger partial charge is 0.243 e. The maximum Gasteiger partial charge on any atom is 0.243 e. The molecule has 1 aromatic heterocycles. The molecule has 0 atom stereocenters. The second-order valence-electron chi connectivity index (χ2n) is 4.48. The zero-order valence-corrected chi connectivity index (χ0v) is 14.4. The van der Waals surface area contributed by atoms with Crippen LogP contribution in [0.5, 0.6) is 0 Å². The first-order valence-corrected chi connectivity index (χ1v) is 9.13. The standard InChI is InChI=1S/C13H14BrFN2O2S2/c1-17(7-9-4-13(14)20-8-9)21(18,19)12-5-11(15)3-2-10(12)6-16/h2-5,8H,6-7,16H2,1H3. The summed E-state index contributed by atoms with van der Waals surface area (Å²) in [6.07, 6.45) is 0. The lowest BCUT2D eigenvalue weighted by Crippen LogP contribution is -2.27. The zero-order valence-electron chi connectivity index (χ0n) is 11.2. The number of hydrogen-bond acceptors (Lipinski definition) is 4. The summed E-state index contributed by atoms with van der Waals surface area (Å²) in [5, 5.41) is 1.87. The topological polar surface area (TPSA) is 63.4 Å². The zero-order chi connectivity index (χ0) is 15.6. The van der Waals surface area contributed by atoms with Crippen LogP contribution in [0.4, 0.5) is 4.39 Å². The Morgan fingerprint density at radius 2 is 2.10 bits per heavy atom. The number of hydrogen-bond donors (Lipinski definition) is 1. The third-order valence-electron chi connectivity index (χ3n) is 2.96. The van der Waals surface area contributed by atoms with Crippen LogP contribution in [0, 0.1) is 5.82 Å². The van der Waals surface area contributed by atoms with E-state index in [-0.39, 0.29) is 18.0 Å². The minimum Gasteiger partial charge on any atom is -0.326 e. The molecule has 0 radical (unpaired) electrons. The fourth-order valence-corrected chi connectivity index (χ4v) is 4.48. The highest BCUT2D eigenvalue weighted by molar-refractivity contribution is 9.11. The number of sulfonamides is 1. The third kappa shape index (κ3) is 3.70. The molecule has 0 spiro atoms. The SMILES string of the molecule is CN(Cc1csc(Br)c1)S(=O)(=O)c1cc(F)ccc1CN. The van der Waals surface area contributed by atoms with Gasteiger partial charge in [0, 0.05) is 20.1 Å². The quantitative estimate of drug-likeness (QED) is 0.850. The van der Waals surface area contributed by atoms with Gasteiger partial charge in [-0.05, 0) is 50.6 Å². The summed E-state index contributed by atoms with van der Waals surface area (Å²) in [7, 11) is -2.33. The van der Waals surface area contributed by atoms with Gasteiger partial charge in [0.25, 0.3) is 0 Å². The monoisotopic (exact) mass is 392 g/mol. The Bertz CT molecular complexity index is 746. The molecule has 1 heterocycles. The maximum absolute atomic E-state index is 13.4. The van der Waals surface area contributed by atoms with Gasteiger partial charge in [0.1, 0.15) is 5.82 Å². The Morgan fingerprint density at radius 1 is 1.38 bits per heavy atom. The average molecular weight is 393 g/mol. The van der Waals surface area contributed by atoms with Gasteiger partial charge in [0.2, 0.25) is 10.0 Å². The molecule has 2 rings (SSSR count). The van der Waals surface area contributed by atoms with Crippen LogP contribution in [0.15, 0.2) is 38.3 Å². The first kappa shape index (κ1) is 16.6. The second-order valence-corrected chi connectivity index (χ2v) is 8.78. The molecule has 1 aromatic carbocycles. The molecule has 0 aliphatic rings. The van der Waals surface area contributed by atoms with Crippen LogP contribution in [-0.4, -0.2) is 19.8 Å². The molecule has 2 aromatic rings. The fraction of sp³-hybridized carbons (Fsp3) is 0.231. The van der Waals surface area contributed by atoms with E-state index < -0.39 is 15.8 Å². The number of nitrogens with zero attached hydrogens (tertiary/aromatic N) is 1. The van der Waals surface area contributed by atoms with Crippen molar-refractivity contribution in [3.63, 3.8) is 0 Å². The van der Waals surface area contributed by atoms with Gasteiger partial charge in [-0.15, -0.1) is 11.3 Å². The van der Waals surface area contributed by atoms with E-state index in [4.69, 9.17) is 5.73 Å². The van der Waals surface area contributed by atoms with Crippen molar-refractivity contribution in [2.75, 3.05) is 7.05 Å². The average Bonchev–Trinajstić information content (AvgIpc) is 2.84. The van der Waals surface area contributed by atoms with Crippen molar-refractivity contribution in [2.24, 2.45) is 5.73 Å². The van der Waals surface area contributed by atoms with Gasteiger partial charge < -0.3 is 5.73 Å². The molecule has 21 heavy (non-hydrogen) atoms. The minimum atomic E-state index is -3.79. The van der Waals surface area contributed by atoms with Crippen molar-refractivity contribution < 1.29 is 12.8 Å². The maximum atomic E-state index is 13.4. The van der Waals surface area contributed by atoms with Crippen molar-refractivity contribution in [1.29, 1.82) is 0 Å². The number of rotatable bonds is 5. The van der Waals surface area contributed by atoms with E-state index in [2.05, 4.69) is 15.9 Å². The highest BCUT2D eigenvalue weighted by Gasteiger charge is 2.24. The van der Waals surface area contributed by atoms with E-state index in [0.29, 0.717) is 5.56 Å². The molecule has 8 heteroatoms. The van der Waals surface area contributed by atoms with Crippen LogP contribution >= 0.6 is 27.3 Å². The van der Waals surface area contributed by atoms with Crippen molar-refractivity contribution in [3.8, 4) is 0 Å². The van der Waals surface area contributed by atoms with Crippen LogP contribution in [0.1, 0.15) is 11.1 Å². The van der Waals surface area contributed by atoms with Crippen LogP contribution in [0.3, 0.4) is 0 Å². The Kier molecular flexibility index (Phi) is 5.15. The van der Waals surface area contributed by atoms with E-state index in [1.165, 1.54) is 34.8 Å². The lowest BCUT2D eigenvalue weighted by molar-refractivity contribution is 0.465. The molecule has 0 aliphatic heterocycles. The molecule has 2 N–H and O–H groups in total. The molecule has 114 valence electrons. The van der Waals surface area contributed by atoms with Gasteiger partial charge in [0.15, 0.2) is 0 Å². The summed E-state index contributed by atoms with van der Waals surface area (Å²) in [6.45, 7) is 0.248. The highest BCUT2D eigenvalue weighted by atomic mass is 79.9. The summed E-state index contributed by atoms with van der Waals surface area (Å²) < 4.78 is 40.6. The number of benzene rings is 1. The largest absolute Gasteiger partial charge is 0.326 e. The highest BCUT2D eigenvalue weighted by Crippen LogP contribution is 2.25. The molecular formula is C13H14BrFN2O2S2. The fourth-order valence-electron chi connectivity index (χ4n) is 1.88. The van der Waals surface area contributed by atoms with E-state index in [1.54, 1.807) is 0 Å². The molecule has 0 saturated heterocycles. The number of halogens is 2. The molecule has 0 aliphatic carbocycles. The lowest BCUT2D eigenvalue weighted by atomic mass is 10.2. The second kappa shape index (κ2) is 6.53. The Balaban J connectivity index is 2.35. The lowest BCUT2D eigenvalue weighted by Gasteiger charge is -2.18. The molecule has 4 nitrogen and oxygen atoms in total. The number of nitrogens with two attached hydrogens (primary N) is 1. The number of thiophene rings is 1. The summed E-state index contributed by atoms with van der Waals surface area (Å²) in [5.74, 6) is -0.600. The summed E-state index contributed by atoms with van der Waals surface area (Å²) in [5.41, 5.74) is 6.81. The van der Waals surface area contributed by atoms with E-state index >= 15 is 0 Å². The molecule has 0 amide bonds. The van der Waals surface area contributed by atoms with Gasteiger partial charge in [0.05, 0.1) is 8.68 Å². The van der Waals surface area contributed by atoms with Crippen molar-refractivity contribution in [1.82, 2.24) is 4.31 Å². The molecule has 0 bridgehead atoms. The van der Waals surface area contributed by atoms with Crippen molar-refractivity contribution in [3.05, 3.63) is 50.4 Å². The predicted octanol–water partition coefficient (Wildman–Crippen LogP) is 2.93. The normalized spacial score (nSPS) is 12.0. The Morgan fingerprint density at radius 3 is 2.67 bits per heavy atom. The first-order valence-electron chi connectivity index (χ1n) is 6.02. The molecule has 0 saturated carbocycles. The van der Waals surface area contributed by atoms with E-state index in [1.807, 2.05) is 11.4 Å². The van der Waals surface area contributed by atoms with Crippen molar-refractivity contribution in [2.45, 2.75) is 18.0 Å². The molecular weight excluding hydrogens is 379 g/mol. The van der Waals surface area contributed by atoms with Gasteiger partial charge in [-0.25, -0.2) is 12.8 Å². The van der Waals surface area contributed by atoms with Gasteiger partial charge in [-0.2, -0.15) is 4.31 Å². The third-order valence-corrected chi connectivity index (χ3v) is 6.40. The summed E-state index contributed by atoms with van der Waals surface area (Å²) in [4.78, 5) is -0.0817. The first-order chi connectivity index (χ1) is 9.84. The predicted molar refractivity (Wildman–Crippen MR) is 85.0 cm³/mol. The van der Waals surface area contributed by atoms with Crippen molar-refractivity contribution >= 4 is 37.3 Å². The summed E-state index contributed by atoms with van der Waals surface area (Å²) >= 11 is 4.81.